The van der Waals surface area contributed by atoms with Crippen molar-refractivity contribution in [2.45, 2.75) is 76.2 Å². The van der Waals surface area contributed by atoms with Crippen LogP contribution < -0.4 is 11.1 Å². The second-order valence-corrected chi connectivity index (χ2v) is 8.10. The molecule has 1 amide bonds. The van der Waals surface area contributed by atoms with Crippen LogP contribution in [0.15, 0.2) is 5.38 Å². The van der Waals surface area contributed by atoms with Crippen LogP contribution in [0.1, 0.15) is 74.4 Å². The molecule has 1 aromatic heterocycles. The lowest BCUT2D eigenvalue weighted by atomic mass is 9.87. The third-order valence-electron chi connectivity index (χ3n) is 5.42. The molecule has 0 spiro atoms. The van der Waals surface area contributed by atoms with Gasteiger partial charge in [-0.3, -0.25) is 4.79 Å². The SMILES string of the molecule is N[C@@H]1CCC[C@H]1CC(=O)NCCc1nc(C2CCCCC2)cs1. The fraction of sp³-hybridized carbons (Fsp3) is 0.778. The van der Waals surface area contributed by atoms with E-state index in [9.17, 15) is 4.79 Å². The molecule has 0 bridgehead atoms. The van der Waals surface area contributed by atoms with Crippen molar-refractivity contribution in [2.24, 2.45) is 11.7 Å². The Labute approximate surface area is 143 Å². The van der Waals surface area contributed by atoms with Gasteiger partial charge in [0.25, 0.3) is 0 Å². The smallest absolute Gasteiger partial charge is 0.220 e. The lowest BCUT2D eigenvalue weighted by Gasteiger charge is -2.19. The number of nitrogens with two attached hydrogens (primary N) is 1. The fourth-order valence-electron chi connectivity index (χ4n) is 3.96. The molecule has 0 aliphatic heterocycles. The Morgan fingerprint density at radius 3 is 2.78 bits per heavy atom. The number of aromatic nitrogens is 1. The molecule has 3 N–H and O–H groups in total. The third-order valence-corrected chi connectivity index (χ3v) is 6.35. The van der Waals surface area contributed by atoms with Gasteiger partial charge in [-0.1, -0.05) is 25.7 Å². The molecule has 1 aromatic rings. The molecular formula is C18H29N3OS. The van der Waals surface area contributed by atoms with Crippen molar-refractivity contribution >= 4 is 17.2 Å². The Bertz CT molecular complexity index is 510. The first-order valence-corrected chi connectivity index (χ1v) is 10.1. The molecule has 4 nitrogen and oxygen atoms in total. The fourth-order valence-corrected chi connectivity index (χ4v) is 4.84. The van der Waals surface area contributed by atoms with E-state index >= 15 is 0 Å². The van der Waals surface area contributed by atoms with Gasteiger partial charge in [-0.2, -0.15) is 0 Å². The number of thiazole rings is 1. The molecule has 3 rings (SSSR count). The van der Waals surface area contributed by atoms with Crippen LogP contribution in [-0.2, 0) is 11.2 Å². The van der Waals surface area contributed by atoms with Crippen LogP contribution in [0.4, 0.5) is 0 Å². The van der Waals surface area contributed by atoms with E-state index in [1.54, 1.807) is 11.3 Å². The first-order valence-electron chi connectivity index (χ1n) is 9.19. The van der Waals surface area contributed by atoms with Crippen molar-refractivity contribution in [1.82, 2.24) is 10.3 Å². The molecule has 128 valence electrons. The summed E-state index contributed by atoms with van der Waals surface area (Å²) >= 11 is 1.75. The van der Waals surface area contributed by atoms with Gasteiger partial charge in [-0.25, -0.2) is 4.98 Å². The van der Waals surface area contributed by atoms with Crippen LogP contribution in [0, 0.1) is 5.92 Å². The molecule has 0 radical (unpaired) electrons. The van der Waals surface area contributed by atoms with Crippen molar-refractivity contribution in [2.75, 3.05) is 6.54 Å². The Balaban J connectivity index is 1.38. The van der Waals surface area contributed by atoms with Crippen LogP contribution in [0.5, 0.6) is 0 Å². The van der Waals surface area contributed by atoms with Crippen molar-refractivity contribution in [3.05, 3.63) is 16.1 Å². The number of rotatable bonds is 6. The molecule has 0 unspecified atom stereocenters. The van der Waals surface area contributed by atoms with Gasteiger partial charge in [0.2, 0.25) is 5.91 Å². The van der Waals surface area contributed by atoms with E-state index in [1.165, 1.54) is 44.2 Å². The summed E-state index contributed by atoms with van der Waals surface area (Å²) in [6.45, 7) is 0.693. The minimum atomic E-state index is 0.149. The highest BCUT2D eigenvalue weighted by molar-refractivity contribution is 7.09. The van der Waals surface area contributed by atoms with E-state index in [0.29, 0.717) is 24.8 Å². The highest BCUT2D eigenvalue weighted by Crippen LogP contribution is 2.33. The second kappa shape index (κ2) is 8.25. The van der Waals surface area contributed by atoms with Gasteiger partial charge in [0.1, 0.15) is 0 Å². The number of hydrogen-bond donors (Lipinski definition) is 2. The van der Waals surface area contributed by atoms with E-state index in [-0.39, 0.29) is 11.9 Å². The molecule has 1 heterocycles. The molecule has 0 aromatic carbocycles. The maximum Gasteiger partial charge on any atom is 0.220 e. The highest BCUT2D eigenvalue weighted by atomic mass is 32.1. The van der Waals surface area contributed by atoms with Crippen LogP contribution in [0.3, 0.4) is 0 Å². The molecule has 2 saturated carbocycles. The maximum atomic E-state index is 12.0. The zero-order chi connectivity index (χ0) is 16.1. The first kappa shape index (κ1) is 16.9. The predicted octanol–water partition coefficient (Wildman–Crippen LogP) is 3.37. The Morgan fingerprint density at radius 2 is 2.04 bits per heavy atom. The molecule has 23 heavy (non-hydrogen) atoms. The zero-order valence-electron chi connectivity index (χ0n) is 13.9. The quantitative estimate of drug-likeness (QED) is 0.837. The molecule has 2 aliphatic rings. The molecule has 0 saturated heterocycles. The number of hydrogen-bond acceptors (Lipinski definition) is 4. The van der Waals surface area contributed by atoms with Gasteiger partial charge in [0.15, 0.2) is 0 Å². The standard InChI is InChI=1S/C18H29N3OS/c19-15-8-4-7-14(15)11-17(22)20-10-9-18-21-16(12-23-18)13-5-2-1-3-6-13/h12-15H,1-11,19H2,(H,20,22)/t14-,15+/m0/s1. The molecule has 2 atom stereocenters. The van der Waals surface area contributed by atoms with Crippen LogP contribution >= 0.6 is 11.3 Å². The van der Waals surface area contributed by atoms with Crippen molar-refractivity contribution in [1.29, 1.82) is 0 Å². The van der Waals surface area contributed by atoms with Gasteiger partial charge in [-0.15, -0.1) is 11.3 Å². The Kier molecular flexibility index (Phi) is 6.06. The lowest BCUT2D eigenvalue weighted by molar-refractivity contribution is -0.122. The van der Waals surface area contributed by atoms with E-state index in [2.05, 4.69) is 10.7 Å². The summed E-state index contributed by atoms with van der Waals surface area (Å²) in [4.78, 5) is 16.8. The summed E-state index contributed by atoms with van der Waals surface area (Å²) in [5.74, 6) is 1.20. The lowest BCUT2D eigenvalue weighted by Crippen LogP contribution is -2.32. The summed E-state index contributed by atoms with van der Waals surface area (Å²) < 4.78 is 0. The van der Waals surface area contributed by atoms with Gasteiger partial charge >= 0.3 is 0 Å². The third kappa shape index (κ3) is 4.77. The first-order chi connectivity index (χ1) is 11.2. The number of carbonyl (C=O) groups excluding carboxylic acids is 1. The van der Waals surface area contributed by atoms with Gasteiger partial charge < -0.3 is 11.1 Å². The summed E-state index contributed by atoms with van der Waals surface area (Å²) in [5, 5.41) is 6.42. The number of carbonyl (C=O) groups is 1. The largest absolute Gasteiger partial charge is 0.356 e. The number of nitrogens with one attached hydrogen (secondary N) is 1. The van der Waals surface area contributed by atoms with Crippen LogP contribution in [0.2, 0.25) is 0 Å². The normalized spacial score (nSPS) is 25.6. The average Bonchev–Trinajstić information content (AvgIpc) is 3.18. The predicted molar refractivity (Wildman–Crippen MR) is 94.6 cm³/mol. The minimum Gasteiger partial charge on any atom is -0.356 e. The molecular weight excluding hydrogens is 306 g/mol. The van der Waals surface area contributed by atoms with Crippen molar-refractivity contribution in [3.8, 4) is 0 Å². The molecule has 5 heteroatoms. The van der Waals surface area contributed by atoms with Gasteiger partial charge in [0.05, 0.1) is 10.7 Å². The summed E-state index contributed by atoms with van der Waals surface area (Å²) in [6, 6.07) is 0.220. The van der Waals surface area contributed by atoms with Crippen LogP contribution in [-0.4, -0.2) is 23.5 Å². The second-order valence-electron chi connectivity index (χ2n) is 7.16. The minimum absolute atomic E-state index is 0.149. The number of amides is 1. The van der Waals surface area contributed by atoms with E-state index in [4.69, 9.17) is 10.7 Å². The zero-order valence-corrected chi connectivity index (χ0v) is 14.7. The van der Waals surface area contributed by atoms with E-state index in [0.717, 1.165) is 24.3 Å². The monoisotopic (exact) mass is 335 g/mol. The summed E-state index contributed by atoms with van der Waals surface area (Å²) in [6.07, 6.45) is 11.4. The summed E-state index contributed by atoms with van der Waals surface area (Å²) in [5.41, 5.74) is 7.32. The van der Waals surface area contributed by atoms with Crippen molar-refractivity contribution < 1.29 is 4.79 Å². The Hall–Kier alpha value is -0.940. The van der Waals surface area contributed by atoms with E-state index < -0.39 is 0 Å². The molecule has 2 aliphatic carbocycles. The van der Waals surface area contributed by atoms with E-state index in [1.807, 2.05) is 0 Å². The average molecular weight is 336 g/mol. The molecule has 2 fully saturated rings. The van der Waals surface area contributed by atoms with Crippen molar-refractivity contribution in [3.63, 3.8) is 0 Å². The Morgan fingerprint density at radius 1 is 1.22 bits per heavy atom. The van der Waals surface area contributed by atoms with Gasteiger partial charge in [-0.05, 0) is 31.6 Å². The van der Waals surface area contributed by atoms with Gasteiger partial charge in [0, 0.05) is 36.7 Å². The topological polar surface area (TPSA) is 68.0 Å². The summed E-state index contributed by atoms with van der Waals surface area (Å²) in [7, 11) is 0. The number of nitrogens with zero attached hydrogens (tertiary/aromatic N) is 1. The van der Waals surface area contributed by atoms with Crippen LogP contribution in [0.25, 0.3) is 0 Å². The maximum absolute atomic E-state index is 12.0. The highest BCUT2D eigenvalue weighted by Gasteiger charge is 2.25.